The van der Waals surface area contributed by atoms with Gasteiger partial charge in [0, 0.05) is 12.2 Å². The van der Waals surface area contributed by atoms with Crippen LogP contribution in [0.2, 0.25) is 0 Å². The zero-order chi connectivity index (χ0) is 15.5. The zero-order valence-electron chi connectivity index (χ0n) is 11.4. The van der Waals surface area contributed by atoms with E-state index in [1.54, 1.807) is 19.1 Å². The molecule has 21 heavy (non-hydrogen) atoms. The number of anilines is 3. The van der Waals surface area contributed by atoms with Crippen LogP contribution in [-0.4, -0.2) is 15.0 Å². The summed E-state index contributed by atoms with van der Waals surface area (Å²) in [6, 6.07) is 10.2. The molecular formula is C14H16FN3O2S. The monoisotopic (exact) mass is 309 g/mol. The minimum Gasteiger partial charge on any atom is -0.397 e. The van der Waals surface area contributed by atoms with Crippen molar-refractivity contribution in [1.29, 1.82) is 0 Å². The Bertz CT molecular complexity index is 748. The first-order chi connectivity index (χ1) is 9.92. The number of nitrogens with one attached hydrogen (secondary N) is 2. The van der Waals surface area contributed by atoms with E-state index in [1.807, 2.05) is 0 Å². The topological polar surface area (TPSA) is 84.2 Å². The van der Waals surface area contributed by atoms with Gasteiger partial charge in [-0.3, -0.25) is 0 Å². The number of hydrogen-bond acceptors (Lipinski definition) is 4. The fourth-order valence-electron chi connectivity index (χ4n) is 1.81. The number of sulfonamides is 1. The molecule has 0 aromatic heterocycles. The van der Waals surface area contributed by atoms with E-state index < -0.39 is 15.8 Å². The van der Waals surface area contributed by atoms with E-state index in [0.717, 1.165) is 0 Å². The Balaban J connectivity index is 2.36. The molecule has 7 heteroatoms. The van der Waals surface area contributed by atoms with Gasteiger partial charge in [-0.25, -0.2) is 17.5 Å². The van der Waals surface area contributed by atoms with E-state index in [1.165, 1.54) is 30.3 Å². The number of halogens is 1. The maximum Gasteiger partial charge on any atom is 0.240 e. The van der Waals surface area contributed by atoms with Crippen LogP contribution in [0, 0.1) is 5.82 Å². The number of benzene rings is 2. The first-order valence-corrected chi connectivity index (χ1v) is 7.82. The SMILES string of the molecule is CCNS(=O)(=O)c1ccc(N)c(Nc2cccc(F)c2)c1. The molecule has 0 heterocycles. The van der Waals surface area contributed by atoms with Gasteiger partial charge >= 0.3 is 0 Å². The van der Waals surface area contributed by atoms with Crippen LogP contribution < -0.4 is 15.8 Å². The first-order valence-electron chi connectivity index (χ1n) is 6.34. The second kappa shape index (κ2) is 6.11. The van der Waals surface area contributed by atoms with Crippen LogP contribution >= 0.6 is 0 Å². The third-order valence-corrected chi connectivity index (χ3v) is 4.32. The number of nitrogens with two attached hydrogens (primary N) is 1. The molecule has 0 aliphatic heterocycles. The van der Waals surface area contributed by atoms with Crippen LogP contribution in [0.3, 0.4) is 0 Å². The van der Waals surface area contributed by atoms with Gasteiger partial charge in [0.15, 0.2) is 0 Å². The molecule has 0 amide bonds. The van der Waals surface area contributed by atoms with Gasteiger partial charge in [0.1, 0.15) is 5.82 Å². The van der Waals surface area contributed by atoms with Crippen molar-refractivity contribution in [3.63, 3.8) is 0 Å². The third kappa shape index (κ3) is 3.71. The first kappa shape index (κ1) is 15.3. The van der Waals surface area contributed by atoms with E-state index in [4.69, 9.17) is 5.73 Å². The molecule has 2 aromatic rings. The number of nitrogen functional groups attached to an aromatic ring is 1. The molecule has 0 saturated heterocycles. The Hall–Kier alpha value is -2.12. The van der Waals surface area contributed by atoms with Crippen molar-refractivity contribution in [1.82, 2.24) is 4.72 Å². The molecule has 112 valence electrons. The molecule has 0 radical (unpaired) electrons. The Kier molecular flexibility index (Phi) is 4.44. The average Bonchev–Trinajstić information content (AvgIpc) is 2.41. The minimum absolute atomic E-state index is 0.0949. The van der Waals surface area contributed by atoms with Gasteiger partial charge in [-0.1, -0.05) is 13.0 Å². The zero-order valence-corrected chi connectivity index (χ0v) is 12.2. The largest absolute Gasteiger partial charge is 0.397 e. The number of hydrogen-bond donors (Lipinski definition) is 3. The fraction of sp³-hybridized carbons (Fsp3) is 0.143. The summed E-state index contributed by atoms with van der Waals surface area (Å²) in [5.41, 5.74) is 7.08. The fourth-order valence-corrected chi connectivity index (χ4v) is 2.87. The summed E-state index contributed by atoms with van der Waals surface area (Å²) in [6.07, 6.45) is 0. The van der Waals surface area contributed by atoms with Crippen LogP contribution in [0.15, 0.2) is 47.4 Å². The lowest BCUT2D eigenvalue weighted by atomic mass is 10.2. The summed E-state index contributed by atoms with van der Waals surface area (Å²) in [5.74, 6) is -0.394. The van der Waals surface area contributed by atoms with Gasteiger partial charge < -0.3 is 11.1 Å². The molecule has 5 nitrogen and oxygen atoms in total. The summed E-state index contributed by atoms with van der Waals surface area (Å²) in [5, 5.41) is 2.91. The van der Waals surface area contributed by atoms with Crippen LogP contribution in [0.25, 0.3) is 0 Å². The molecule has 4 N–H and O–H groups in total. The van der Waals surface area contributed by atoms with Gasteiger partial charge in [0.2, 0.25) is 10.0 Å². The Labute approximate surface area is 123 Å². The molecule has 0 saturated carbocycles. The molecule has 0 bridgehead atoms. The molecule has 0 fully saturated rings. The molecular weight excluding hydrogens is 293 g/mol. The van der Waals surface area contributed by atoms with Crippen molar-refractivity contribution in [2.24, 2.45) is 0 Å². The molecule has 0 unspecified atom stereocenters. The Morgan fingerprint density at radius 2 is 1.95 bits per heavy atom. The van der Waals surface area contributed by atoms with Crippen molar-refractivity contribution in [3.05, 3.63) is 48.3 Å². The predicted octanol–water partition coefficient (Wildman–Crippen LogP) is 2.45. The van der Waals surface area contributed by atoms with E-state index in [9.17, 15) is 12.8 Å². The van der Waals surface area contributed by atoms with Crippen molar-refractivity contribution in [3.8, 4) is 0 Å². The van der Waals surface area contributed by atoms with Crippen molar-refractivity contribution >= 4 is 27.1 Å². The summed E-state index contributed by atoms with van der Waals surface area (Å²) >= 11 is 0. The highest BCUT2D eigenvalue weighted by Gasteiger charge is 2.14. The summed E-state index contributed by atoms with van der Waals surface area (Å²) < 4.78 is 39.5. The van der Waals surface area contributed by atoms with E-state index in [2.05, 4.69) is 10.0 Å². The second-order valence-corrected chi connectivity index (χ2v) is 6.15. The highest BCUT2D eigenvalue weighted by Crippen LogP contribution is 2.26. The predicted molar refractivity (Wildman–Crippen MR) is 81.4 cm³/mol. The van der Waals surface area contributed by atoms with Crippen LogP contribution in [-0.2, 0) is 10.0 Å². The highest BCUT2D eigenvalue weighted by atomic mass is 32.2. The maximum atomic E-state index is 13.2. The smallest absolute Gasteiger partial charge is 0.240 e. The average molecular weight is 309 g/mol. The van der Waals surface area contributed by atoms with Crippen LogP contribution in [0.5, 0.6) is 0 Å². The second-order valence-electron chi connectivity index (χ2n) is 4.39. The molecule has 2 rings (SSSR count). The van der Waals surface area contributed by atoms with Gasteiger partial charge in [0.05, 0.1) is 16.3 Å². The van der Waals surface area contributed by atoms with Gasteiger partial charge in [0.25, 0.3) is 0 Å². The van der Waals surface area contributed by atoms with Gasteiger partial charge in [-0.15, -0.1) is 0 Å². The molecule has 0 spiro atoms. The third-order valence-electron chi connectivity index (χ3n) is 2.77. The van der Waals surface area contributed by atoms with Gasteiger partial charge in [-0.2, -0.15) is 0 Å². The van der Waals surface area contributed by atoms with Crippen LogP contribution in [0.1, 0.15) is 6.92 Å². The van der Waals surface area contributed by atoms with E-state index >= 15 is 0 Å². The van der Waals surface area contributed by atoms with Gasteiger partial charge in [-0.05, 0) is 36.4 Å². The Morgan fingerprint density at radius 3 is 2.62 bits per heavy atom. The normalized spacial score (nSPS) is 11.3. The van der Waals surface area contributed by atoms with E-state index in [-0.39, 0.29) is 4.90 Å². The summed E-state index contributed by atoms with van der Waals surface area (Å²) in [7, 11) is -3.57. The standard InChI is InChI=1S/C14H16FN3O2S/c1-2-17-21(19,20)12-6-7-13(16)14(9-12)18-11-5-3-4-10(15)8-11/h3-9,17-18H,2,16H2,1H3. The lowest BCUT2D eigenvalue weighted by Gasteiger charge is -2.12. The molecule has 2 aromatic carbocycles. The van der Waals surface area contributed by atoms with Crippen molar-refractivity contribution in [2.45, 2.75) is 11.8 Å². The highest BCUT2D eigenvalue weighted by molar-refractivity contribution is 7.89. The lowest BCUT2D eigenvalue weighted by molar-refractivity contribution is 0.584. The molecule has 0 atom stereocenters. The summed E-state index contributed by atoms with van der Waals surface area (Å²) in [6.45, 7) is 1.99. The lowest BCUT2D eigenvalue weighted by Crippen LogP contribution is -2.23. The summed E-state index contributed by atoms with van der Waals surface area (Å²) in [4.78, 5) is 0.0949. The molecule has 0 aliphatic carbocycles. The quantitative estimate of drug-likeness (QED) is 0.741. The maximum absolute atomic E-state index is 13.2. The Morgan fingerprint density at radius 1 is 1.19 bits per heavy atom. The van der Waals surface area contributed by atoms with Crippen LogP contribution in [0.4, 0.5) is 21.5 Å². The van der Waals surface area contributed by atoms with E-state index in [0.29, 0.717) is 23.6 Å². The molecule has 0 aliphatic rings. The van der Waals surface area contributed by atoms with Crippen molar-refractivity contribution in [2.75, 3.05) is 17.6 Å². The minimum atomic E-state index is -3.57. The van der Waals surface area contributed by atoms with Crippen molar-refractivity contribution < 1.29 is 12.8 Å². The number of rotatable bonds is 5.